The van der Waals surface area contributed by atoms with Crippen molar-refractivity contribution in [3.05, 3.63) is 53.9 Å². The lowest BCUT2D eigenvalue weighted by molar-refractivity contribution is 0.848. The van der Waals surface area contributed by atoms with Gasteiger partial charge < -0.3 is 0 Å². The van der Waals surface area contributed by atoms with Crippen LogP contribution in [0.1, 0.15) is 44.4 Å². The highest BCUT2D eigenvalue weighted by Crippen LogP contribution is 2.22. The van der Waals surface area contributed by atoms with Crippen molar-refractivity contribution in [2.75, 3.05) is 0 Å². The summed E-state index contributed by atoms with van der Waals surface area (Å²) in [5.41, 5.74) is 3.78. The van der Waals surface area contributed by atoms with E-state index in [1.807, 2.05) is 12.3 Å². The minimum atomic E-state index is 0.0165. The largest absolute Gasteiger partial charge is 0.260 e. The number of allylic oxidation sites excluding steroid dienone is 3. The molecule has 2 unspecified atom stereocenters. The van der Waals surface area contributed by atoms with E-state index in [1.165, 1.54) is 16.8 Å². The van der Waals surface area contributed by atoms with Crippen LogP contribution in [0.4, 0.5) is 0 Å². The summed E-state index contributed by atoms with van der Waals surface area (Å²) in [6, 6.07) is 4.15. The van der Waals surface area contributed by atoms with Gasteiger partial charge >= 0.3 is 0 Å². The minimum Gasteiger partial charge on any atom is -0.260 e. The number of aryl methyl sites for hydroxylation is 1. The van der Waals surface area contributed by atoms with Gasteiger partial charge in [-0.3, -0.25) is 4.98 Å². The Morgan fingerprint density at radius 3 is 2.89 bits per heavy atom. The highest BCUT2D eigenvalue weighted by Gasteiger charge is 2.09. The predicted molar refractivity (Wildman–Crippen MR) is 80.2 cm³/mol. The van der Waals surface area contributed by atoms with Crippen LogP contribution < -0.4 is 0 Å². The first-order valence-corrected chi connectivity index (χ1v) is 6.89. The van der Waals surface area contributed by atoms with E-state index in [4.69, 9.17) is 11.6 Å². The van der Waals surface area contributed by atoms with Gasteiger partial charge in [-0.25, -0.2) is 0 Å². The molecule has 1 rings (SSSR count). The SMILES string of the molecule is C=CC(Cl)C/C(C)=C/C(C)c1ncccc1CC. The molecule has 2 heteroatoms. The van der Waals surface area contributed by atoms with Crippen molar-refractivity contribution in [2.45, 2.75) is 44.9 Å². The fourth-order valence-electron chi connectivity index (χ4n) is 2.12. The molecule has 0 saturated heterocycles. The Morgan fingerprint density at radius 2 is 2.28 bits per heavy atom. The fourth-order valence-corrected chi connectivity index (χ4v) is 2.37. The lowest BCUT2D eigenvalue weighted by Gasteiger charge is -2.13. The summed E-state index contributed by atoms with van der Waals surface area (Å²) < 4.78 is 0. The van der Waals surface area contributed by atoms with Crippen molar-refractivity contribution in [3.63, 3.8) is 0 Å². The van der Waals surface area contributed by atoms with Gasteiger partial charge in [0.15, 0.2) is 0 Å². The average Bonchev–Trinajstić information content (AvgIpc) is 2.38. The molecule has 18 heavy (non-hydrogen) atoms. The van der Waals surface area contributed by atoms with Gasteiger partial charge in [-0.1, -0.05) is 37.6 Å². The van der Waals surface area contributed by atoms with Crippen LogP contribution in [-0.4, -0.2) is 10.4 Å². The third-order valence-electron chi connectivity index (χ3n) is 3.05. The first kappa shape index (κ1) is 15.0. The summed E-state index contributed by atoms with van der Waals surface area (Å²) in [6.45, 7) is 10.2. The molecule has 0 amide bonds. The van der Waals surface area contributed by atoms with Gasteiger partial charge in [0.25, 0.3) is 0 Å². The van der Waals surface area contributed by atoms with Crippen LogP contribution in [0, 0.1) is 0 Å². The number of alkyl halides is 1. The van der Waals surface area contributed by atoms with Crippen LogP contribution in [-0.2, 0) is 6.42 Å². The molecule has 98 valence electrons. The second-order valence-corrected chi connectivity index (χ2v) is 5.22. The fraction of sp³-hybridized carbons (Fsp3) is 0.438. The molecular formula is C16H22ClN. The van der Waals surface area contributed by atoms with Crippen LogP contribution in [0.5, 0.6) is 0 Å². The zero-order valence-electron chi connectivity index (χ0n) is 11.5. The molecule has 2 atom stereocenters. The summed E-state index contributed by atoms with van der Waals surface area (Å²) in [7, 11) is 0. The maximum atomic E-state index is 6.07. The normalized spacial score (nSPS) is 15.2. The van der Waals surface area contributed by atoms with Crippen LogP contribution in [0.3, 0.4) is 0 Å². The maximum Gasteiger partial charge on any atom is 0.0550 e. The van der Waals surface area contributed by atoms with Crippen LogP contribution >= 0.6 is 11.6 Å². The van der Waals surface area contributed by atoms with E-state index >= 15 is 0 Å². The molecule has 0 aliphatic heterocycles. The standard InChI is InChI=1S/C16H22ClN/c1-5-14-8-7-9-18-16(14)13(4)10-12(3)11-15(17)6-2/h6-10,13,15H,2,5,11H2,1,3-4H3/b12-10+. The highest BCUT2D eigenvalue weighted by molar-refractivity contribution is 6.21. The number of hydrogen-bond acceptors (Lipinski definition) is 1. The van der Waals surface area contributed by atoms with Gasteiger partial charge in [0, 0.05) is 12.1 Å². The van der Waals surface area contributed by atoms with Crippen LogP contribution in [0.25, 0.3) is 0 Å². The predicted octanol–water partition coefficient (Wildman–Crippen LogP) is 4.88. The summed E-state index contributed by atoms with van der Waals surface area (Å²) in [5, 5.41) is 0.0165. The van der Waals surface area contributed by atoms with Crippen molar-refractivity contribution >= 4 is 11.6 Å². The minimum absolute atomic E-state index is 0.0165. The molecule has 0 N–H and O–H groups in total. The van der Waals surface area contributed by atoms with Gasteiger partial charge in [-0.05, 0) is 31.4 Å². The molecule has 0 aliphatic rings. The topological polar surface area (TPSA) is 12.9 Å². The molecule has 0 aliphatic carbocycles. The number of nitrogens with zero attached hydrogens (tertiary/aromatic N) is 1. The number of pyridine rings is 1. The van der Waals surface area contributed by atoms with Crippen molar-refractivity contribution in [1.82, 2.24) is 4.98 Å². The first-order chi connectivity index (χ1) is 8.58. The molecule has 1 aromatic rings. The Labute approximate surface area is 116 Å². The quantitative estimate of drug-likeness (QED) is 0.527. The Balaban J connectivity index is 2.83. The molecule has 0 bridgehead atoms. The highest BCUT2D eigenvalue weighted by atomic mass is 35.5. The zero-order chi connectivity index (χ0) is 13.5. The smallest absolute Gasteiger partial charge is 0.0550 e. The summed E-state index contributed by atoms with van der Waals surface area (Å²) in [6.07, 6.45) is 7.76. The summed E-state index contributed by atoms with van der Waals surface area (Å²) in [5.74, 6) is 0.329. The van der Waals surface area contributed by atoms with Crippen LogP contribution in [0.15, 0.2) is 42.6 Å². The van der Waals surface area contributed by atoms with E-state index in [0.29, 0.717) is 5.92 Å². The van der Waals surface area contributed by atoms with E-state index < -0.39 is 0 Å². The number of aromatic nitrogens is 1. The number of hydrogen-bond donors (Lipinski definition) is 0. The number of rotatable bonds is 6. The Kier molecular flexibility index (Phi) is 6.14. The van der Waals surface area contributed by atoms with E-state index in [1.54, 1.807) is 6.08 Å². The molecular weight excluding hydrogens is 242 g/mol. The van der Waals surface area contributed by atoms with Crippen molar-refractivity contribution < 1.29 is 0 Å². The van der Waals surface area contributed by atoms with Gasteiger partial charge in [0.2, 0.25) is 0 Å². The van der Waals surface area contributed by atoms with Crippen molar-refractivity contribution in [3.8, 4) is 0 Å². The Hall–Kier alpha value is -1.08. The molecule has 0 radical (unpaired) electrons. The molecule has 0 saturated carbocycles. The monoisotopic (exact) mass is 263 g/mol. The van der Waals surface area contributed by atoms with Gasteiger partial charge in [0.05, 0.1) is 11.1 Å². The molecule has 0 fully saturated rings. The molecule has 1 nitrogen and oxygen atoms in total. The first-order valence-electron chi connectivity index (χ1n) is 6.46. The lowest BCUT2D eigenvalue weighted by atomic mass is 9.97. The van der Waals surface area contributed by atoms with Gasteiger partial charge in [-0.15, -0.1) is 18.2 Å². The zero-order valence-corrected chi connectivity index (χ0v) is 12.2. The maximum absolute atomic E-state index is 6.07. The van der Waals surface area contributed by atoms with Gasteiger partial charge in [-0.2, -0.15) is 0 Å². The molecule has 0 aromatic carbocycles. The summed E-state index contributed by atoms with van der Waals surface area (Å²) in [4.78, 5) is 4.50. The van der Waals surface area contributed by atoms with Crippen molar-refractivity contribution in [2.24, 2.45) is 0 Å². The third-order valence-corrected chi connectivity index (χ3v) is 3.38. The van der Waals surface area contributed by atoms with E-state index in [2.05, 4.69) is 44.5 Å². The summed E-state index contributed by atoms with van der Waals surface area (Å²) >= 11 is 6.07. The molecule has 0 spiro atoms. The second-order valence-electron chi connectivity index (χ2n) is 4.66. The molecule has 1 heterocycles. The van der Waals surface area contributed by atoms with Gasteiger partial charge in [0.1, 0.15) is 0 Å². The second kappa shape index (κ2) is 7.38. The Morgan fingerprint density at radius 1 is 1.56 bits per heavy atom. The van der Waals surface area contributed by atoms with E-state index in [0.717, 1.165) is 12.8 Å². The third kappa shape index (κ3) is 4.30. The number of halogens is 1. The van der Waals surface area contributed by atoms with E-state index in [-0.39, 0.29) is 5.38 Å². The molecule has 1 aromatic heterocycles. The van der Waals surface area contributed by atoms with Crippen LogP contribution in [0.2, 0.25) is 0 Å². The lowest BCUT2D eigenvalue weighted by Crippen LogP contribution is -2.01. The average molecular weight is 264 g/mol. The van der Waals surface area contributed by atoms with E-state index in [9.17, 15) is 0 Å². The van der Waals surface area contributed by atoms with Crippen molar-refractivity contribution in [1.29, 1.82) is 0 Å². The Bertz CT molecular complexity index is 423.